The second-order valence-corrected chi connectivity index (χ2v) is 10.5. The summed E-state index contributed by atoms with van der Waals surface area (Å²) in [6.07, 6.45) is 0. The molecule has 0 atom stereocenters. The van der Waals surface area contributed by atoms with Crippen molar-refractivity contribution in [3.8, 4) is 11.1 Å². The second kappa shape index (κ2) is 15.5. The number of nitrogens with zero attached hydrogens (tertiary/aromatic N) is 1. The fourth-order valence-corrected chi connectivity index (χ4v) is 5.07. The van der Waals surface area contributed by atoms with Crippen LogP contribution in [0.1, 0.15) is 50.5 Å². The van der Waals surface area contributed by atoms with Gasteiger partial charge in [-0.2, -0.15) is 0 Å². The number of amides is 2. The van der Waals surface area contributed by atoms with E-state index in [0.717, 1.165) is 29.9 Å². The van der Waals surface area contributed by atoms with Gasteiger partial charge in [0.1, 0.15) is 0 Å². The first-order valence-electron chi connectivity index (χ1n) is 15.5. The Balaban J connectivity index is 0.00000204. The van der Waals surface area contributed by atoms with Crippen molar-refractivity contribution in [3.63, 3.8) is 0 Å². The highest BCUT2D eigenvalue weighted by atomic mass is 16.5. The molecular weight excluding hydrogens is 574 g/mol. The molecular formula is C39H37N3O4. The maximum absolute atomic E-state index is 13.1. The van der Waals surface area contributed by atoms with Crippen LogP contribution in [0.3, 0.4) is 0 Å². The van der Waals surface area contributed by atoms with Gasteiger partial charge in [-0.15, -0.1) is 0 Å². The van der Waals surface area contributed by atoms with E-state index in [-0.39, 0.29) is 17.6 Å². The van der Waals surface area contributed by atoms with Gasteiger partial charge in [-0.1, -0.05) is 56.3 Å². The summed E-state index contributed by atoms with van der Waals surface area (Å²) in [6.45, 7) is 7.08. The van der Waals surface area contributed by atoms with Gasteiger partial charge in [-0.05, 0) is 96.1 Å². The molecule has 1 aliphatic heterocycles. The molecule has 0 radical (unpaired) electrons. The van der Waals surface area contributed by atoms with Crippen molar-refractivity contribution >= 4 is 34.7 Å². The van der Waals surface area contributed by atoms with Gasteiger partial charge in [0.2, 0.25) is 0 Å². The smallest absolute Gasteiger partial charge is 0.255 e. The van der Waals surface area contributed by atoms with Crippen LogP contribution in [-0.2, 0) is 4.74 Å². The first-order valence-corrected chi connectivity index (χ1v) is 15.5. The maximum atomic E-state index is 13.1. The Morgan fingerprint density at radius 2 is 0.935 bits per heavy atom. The standard InChI is InChI=1S/C37H31N3O4.C2H6/c41-35(28-10-16-32(17-11-28)38-36(42)30-8-6-27(7-9-30)26-4-2-1-3-5-26)29-12-18-33(19-13-29)39-37(43)31-14-20-34(21-15-31)40-22-24-44-25-23-40;1-2/h1-21H,22-25H2,(H,38,42)(H,39,43);1-2H3. The number of ether oxygens (including phenoxy) is 1. The monoisotopic (exact) mass is 611 g/mol. The summed E-state index contributed by atoms with van der Waals surface area (Å²) in [4.78, 5) is 40.9. The third-order valence-electron chi connectivity index (χ3n) is 7.57. The summed E-state index contributed by atoms with van der Waals surface area (Å²) in [5, 5.41) is 5.77. The van der Waals surface area contributed by atoms with E-state index in [1.165, 1.54) is 0 Å². The van der Waals surface area contributed by atoms with Crippen LogP contribution in [0.5, 0.6) is 0 Å². The lowest BCUT2D eigenvalue weighted by Gasteiger charge is -2.28. The molecule has 1 heterocycles. The SMILES string of the molecule is CC.O=C(Nc1ccc(C(=O)c2ccc(NC(=O)c3ccc(N4CCOCC4)cc3)cc2)cc1)c1ccc(-c2ccccc2)cc1. The highest BCUT2D eigenvalue weighted by Gasteiger charge is 2.14. The van der Waals surface area contributed by atoms with Crippen LogP contribution in [0.4, 0.5) is 17.1 Å². The molecule has 6 rings (SSSR count). The molecule has 5 aromatic rings. The Labute approximate surface area is 269 Å². The zero-order valence-corrected chi connectivity index (χ0v) is 26.0. The molecule has 2 N–H and O–H groups in total. The zero-order chi connectivity index (χ0) is 32.3. The van der Waals surface area contributed by atoms with Crippen LogP contribution in [-0.4, -0.2) is 43.9 Å². The molecule has 1 aliphatic rings. The van der Waals surface area contributed by atoms with Crippen LogP contribution in [0.25, 0.3) is 11.1 Å². The second-order valence-electron chi connectivity index (χ2n) is 10.5. The van der Waals surface area contributed by atoms with E-state index in [0.29, 0.717) is 46.8 Å². The van der Waals surface area contributed by atoms with Crippen LogP contribution < -0.4 is 15.5 Å². The minimum absolute atomic E-state index is 0.157. The van der Waals surface area contributed by atoms with E-state index < -0.39 is 0 Å². The number of anilines is 3. The normalized spacial score (nSPS) is 12.3. The molecule has 7 nitrogen and oxygen atoms in total. The van der Waals surface area contributed by atoms with Crippen LogP contribution >= 0.6 is 0 Å². The summed E-state index contributed by atoms with van der Waals surface area (Å²) in [7, 11) is 0. The highest BCUT2D eigenvalue weighted by Crippen LogP contribution is 2.22. The van der Waals surface area contributed by atoms with E-state index >= 15 is 0 Å². The predicted molar refractivity (Wildman–Crippen MR) is 185 cm³/mol. The van der Waals surface area contributed by atoms with Crippen molar-refractivity contribution in [3.05, 3.63) is 150 Å². The Hall–Kier alpha value is -5.53. The first-order chi connectivity index (χ1) is 22.5. The number of rotatable bonds is 8. The van der Waals surface area contributed by atoms with Gasteiger partial charge in [0.15, 0.2) is 5.78 Å². The maximum Gasteiger partial charge on any atom is 0.255 e. The fourth-order valence-electron chi connectivity index (χ4n) is 5.07. The van der Waals surface area contributed by atoms with E-state index in [1.807, 2.05) is 80.6 Å². The summed E-state index contributed by atoms with van der Waals surface area (Å²) in [5.74, 6) is -0.604. The molecule has 0 spiro atoms. The number of benzene rings is 5. The summed E-state index contributed by atoms with van der Waals surface area (Å²) < 4.78 is 5.40. The molecule has 0 saturated carbocycles. The highest BCUT2D eigenvalue weighted by molar-refractivity contribution is 6.10. The van der Waals surface area contributed by atoms with Crippen molar-refractivity contribution < 1.29 is 19.1 Å². The lowest BCUT2D eigenvalue weighted by Crippen LogP contribution is -2.36. The number of hydrogen-bond acceptors (Lipinski definition) is 5. The molecule has 7 heteroatoms. The van der Waals surface area contributed by atoms with Crippen LogP contribution in [0.2, 0.25) is 0 Å². The predicted octanol–water partition coefficient (Wildman–Crippen LogP) is 7.95. The first kappa shape index (κ1) is 31.9. The van der Waals surface area contributed by atoms with E-state index in [1.54, 1.807) is 60.7 Å². The molecule has 0 aromatic heterocycles. The van der Waals surface area contributed by atoms with Gasteiger partial charge in [-0.25, -0.2) is 0 Å². The lowest BCUT2D eigenvalue weighted by molar-refractivity contribution is 0.101. The molecule has 2 amide bonds. The van der Waals surface area contributed by atoms with Crippen molar-refractivity contribution in [2.24, 2.45) is 0 Å². The number of nitrogens with one attached hydrogen (secondary N) is 2. The minimum atomic E-state index is -0.227. The zero-order valence-electron chi connectivity index (χ0n) is 26.0. The average Bonchev–Trinajstić information content (AvgIpc) is 3.13. The van der Waals surface area contributed by atoms with Gasteiger partial charge >= 0.3 is 0 Å². The van der Waals surface area contributed by atoms with Crippen molar-refractivity contribution in [1.29, 1.82) is 0 Å². The number of ketones is 1. The van der Waals surface area contributed by atoms with E-state index in [9.17, 15) is 14.4 Å². The number of carbonyl (C=O) groups is 3. The Morgan fingerprint density at radius 3 is 1.41 bits per heavy atom. The summed E-state index contributed by atoms with van der Waals surface area (Å²) >= 11 is 0. The third kappa shape index (κ3) is 7.94. The Morgan fingerprint density at radius 1 is 0.522 bits per heavy atom. The number of hydrogen-bond donors (Lipinski definition) is 2. The third-order valence-corrected chi connectivity index (χ3v) is 7.57. The van der Waals surface area contributed by atoms with Crippen molar-refractivity contribution in [2.75, 3.05) is 41.8 Å². The van der Waals surface area contributed by atoms with Gasteiger partial charge < -0.3 is 20.3 Å². The largest absolute Gasteiger partial charge is 0.378 e. The van der Waals surface area contributed by atoms with Gasteiger partial charge in [-0.3, -0.25) is 14.4 Å². The van der Waals surface area contributed by atoms with E-state index in [2.05, 4.69) is 15.5 Å². The average molecular weight is 612 g/mol. The Bertz CT molecular complexity index is 1740. The van der Waals surface area contributed by atoms with Gasteiger partial charge in [0.25, 0.3) is 11.8 Å². The van der Waals surface area contributed by atoms with E-state index in [4.69, 9.17) is 4.74 Å². The molecule has 232 valence electrons. The summed E-state index contributed by atoms with van der Waals surface area (Å²) in [6, 6.07) is 38.5. The molecule has 5 aromatic carbocycles. The van der Waals surface area contributed by atoms with Crippen LogP contribution in [0, 0.1) is 0 Å². The molecule has 1 fully saturated rings. The molecule has 0 unspecified atom stereocenters. The fraction of sp³-hybridized carbons (Fsp3) is 0.154. The molecule has 46 heavy (non-hydrogen) atoms. The quantitative estimate of drug-likeness (QED) is 0.174. The topological polar surface area (TPSA) is 87.7 Å². The van der Waals surface area contributed by atoms with Crippen molar-refractivity contribution in [2.45, 2.75) is 13.8 Å². The molecule has 0 bridgehead atoms. The lowest BCUT2D eigenvalue weighted by atomic mass is 10.0. The molecule has 0 aliphatic carbocycles. The van der Waals surface area contributed by atoms with Crippen molar-refractivity contribution in [1.82, 2.24) is 0 Å². The van der Waals surface area contributed by atoms with Gasteiger partial charge in [0.05, 0.1) is 13.2 Å². The minimum Gasteiger partial charge on any atom is -0.378 e. The Kier molecular flexibility index (Phi) is 10.7. The number of carbonyl (C=O) groups excluding carboxylic acids is 3. The van der Waals surface area contributed by atoms with Crippen LogP contribution in [0.15, 0.2) is 127 Å². The molecule has 1 saturated heterocycles. The number of morpholine rings is 1. The summed E-state index contributed by atoms with van der Waals surface area (Å²) in [5.41, 5.74) is 6.46. The van der Waals surface area contributed by atoms with Gasteiger partial charge in [0, 0.05) is 52.4 Å².